The van der Waals surface area contributed by atoms with Crippen LogP contribution in [0.15, 0.2) is 37.1 Å². The van der Waals surface area contributed by atoms with Gasteiger partial charge >= 0.3 is 0 Å². The summed E-state index contributed by atoms with van der Waals surface area (Å²) in [5, 5.41) is 3.22. The van der Waals surface area contributed by atoms with Crippen LogP contribution in [0.25, 0.3) is 0 Å². The van der Waals surface area contributed by atoms with Gasteiger partial charge in [0.05, 0.1) is 0 Å². The van der Waals surface area contributed by atoms with Crippen molar-refractivity contribution in [3.63, 3.8) is 0 Å². The van der Waals surface area contributed by atoms with E-state index in [4.69, 9.17) is 0 Å². The van der Waals surface area contributed by atoms with Crippen LogP contribution >= 0.6 is 0 Å². The lowest BCUT2D eigenvalue weighted by molar-refractivity contribution is 0.886. The monoisotopic (exact) mass is 162 g/mol. The molecule has 0 aliphatic carbocycles. The van der Waals surface area contributed by atoms with E-state index in [0.29, 0.717) is 0 Å². The predicted molar refractivity (Wildman–Crippen MR) is 52.2 cm³/mol. The van der Waals surface area contributed by atoms with E-state index in [-0.39, 0.29) is 0 Å². The summed E-state index contributed by atoms with van der Waals surface area (Å²) in [6.07, 6.45) is 5.88. The van der Waals surface area contributed by atoms with Gasteiger partial charge in [-0.05, 0) is 25.0 Å². The highest BCUT2D eigenvalue weighted by Crippen LogP contribution is 2.00. The van der Waals surface area contributed by atoms with Gasteiger partial charge in [0.25, 0.3) is 0 Å². The Morgan fingerprint density at radius 3 is 3.08 bits per heavy atom. The molecule has 0 fully saturated rings. The average Bonchev–Trinajstić information content (AvgIpc) is 2.14. The Labute approximate surface area is 73.3 Å². The molecule has 0 saturated heterocycles. The molecular formula is C10H14N2. The zero-order valence-corrected chi connectivity index (χ0v) is 7.16. The fourth-order valence-corrected chi connectivity index (χ4v) is 0.930. The van der Waals surface area contributed by atoms with Crippen LogP contribution in [-0.4, -0.2) is 11.5 Å². The lowest BCUT2D eigenvalue weighted by Crippen LogP contribution is -2.01. The molecule has 1 N–H and O–H groups in total. The van der Waals surface area contributed by atoms with Gasteiger partial charge in [-0.2, -0.15) is 0 Å². The van der Waals surface area contributed by atoms with Crippen molar-refractivity contribution >= 4 is 5.82 Å². The minimum atomic E-state index is 0.946. The fourth-order valence-electron chi connectivity index (χ4n) is 0.930. The summed E-state index contributed by atoms with van der Waals surface area (Å²) in [6, 6.07) is 5.85. The lowest BCUT2D eigenvalue weighted by Gasteiger charge is -2.02. The number of pyridine rings is 1. The number of unbranched alkanes of at least 4 members (excludes halogenated alkanes) is 1. The van der Waals surface area contributed by atoms with E-state index < -0.39 is 0 Å². The van der Waals surface area contributed by atoms with Gasteiger partial charge in [-0.1, -0.05) is 12.1 Å². The molecule has 1 aromatic rings. The van der Waals surface area contributed by atoms with Crippen LogP contribution < -0.4 is 5.32 Å². The van der Waals surface area contributed by atoms with Crippen molar-refractivity contribution in [2.24, 2.45) is 0 Å². The topological polar surface area (TPSA) is 24.9 Å². The number of hydrogen-bond acceptors (Lipinski definition) is 2. The first-order valence-electron chi connectivity index (χ1n) is 4.19. The van der Waals surface area contributed by atoms with Gasteiger partial charge in [-0.25, -0.2) is 4.98 Å². The third kappa shape index (κ3) is 3.19. The smallest absolute Gasteiger partial charge is 0.125 e. The van der Waals surface area contributed by atoms with Gasteiger partial charge in [-0.15, -0.1) is 6.58 Å². The molecule has 64 valence electrons. The van der Waals surface area contributed by atoms with Crippen LogP contribution in [0.3, 0.4) is 0 Å². The van der Waals surface area contributed by atoms with Crippen molar-refractivity contribution in [2.45, 2.75) is 12.8 Å². The van der Waals surface area contributed by atoms with E-state index >= 15 is 0 Å². The van der Waals surface area contributed by atoms with Crippen LogP contribution in [0, 0.1) is 0 Å². The second-order valence-electron chi connectivity index (χ2n) is 2.57. The maximum Gasteiger partial charge on any atom is 0.125 e. The summed E-state index contributed by atoms with van der Waals surface area (Å²) in [4.78, 5) is 4.14. The van der Waals surface area contributed by atoms with Crippen molar-refractivity contribution in [1.82, 2.24) is 4.98 Å². The first-order valence-corrected chi connectivity index (χ1v) is 4.19. The molecule has 1 heterocycles. The molecule has 2 heteroatoms. The van der Waals surface area contributed by atoms with E-state index in [2.05, 4.69) is 16.9 Å². The normalized spacial score (nSPS) is 9.33. The Balaban J connectivity index is 2.20. The summed E-state index contributed by atoms with van der Waals surface area (Å²) in [6.45, 7) is 4.62. The Hall–Kier alpha value is -1.31. The van der Waals surface area contributed by atoms with E-state index in [9.17, 15) is 0 Å². The van der Waals surface area contributed by atoms with Gasteiger partial charge in [-0.3, -0.25) is 0 Å². The molecule has 0 atom stereocenters. The molecule has 0 aliphatic rings. The zero-order valence-electron chi connectivity index (χ0n) is 7.16. The fraction of sp³-hybridized carbons (Fsp3) is 0.300. The third-order valence-electron chi connectivity index (χ3n) is 1.56. The van der Waals surface area contributed by atoms with Crippen molar-refractivity contribution in [2.75, 3.05) is 11.9 Å². The quantitative estimate of drug-likeness (QED) is 0.531. The molecule has 0 aliphatic heterocycles. The Bertz CT molecular complexity index is 219. The van der Waals surface area contributed by atoms with E-state index in [1.807, 2.05) is 24.3 Å². The lowest BCUT2D eigenvalue weighted by atomic mass is 10.3. The van der Waals surface area contributed by atoms with Gasteiger partial charge in [0.15, 0.2) is 0 Å². The van der Waals surface area contributed by atoms with Crippen molar-refractivity contribution in [3.8, 4) is 0 Å². The molecule has 0 spiro atoms. The molecule has 2 nitrogen and oxygen atoms in total. The molecular weight excluding hydrogens is 148 g/mol. The predicted octanol–water partition coefficient (Wildman–Crippen LogP) is 2.46. The van der Waals surface area contributed by atoms with Crippen LogP contribution in [0.1, 0.15) is 12.8 Å². The molecule has 0 amide bonds. The summed E-state index contributed by atoms with van der Waals surface area (Å²) in [7, 11) is 0. The van der Waals surface area contributed by atoms with E-state index in [1.54, 1.807) is 6.20 Å². The van der Waals surface area contributed by atoms with Gasteiger partial charge in [0.2, 0.25) is 0 Å². The summed E-state index contributed by atoms with van der Waals surface area (Å²) < 4.78 is 0. The minimum absolute atomic E-state index is 0.946. The van der Waals surface area contributed by atoms with E-state index in [1.165, 1.54) is 0 Å². The second kappa shape index (κ2) is 5.35. The highest BCUT2D eigenvalue weighted by Gasteiger charge is 1.88. The van der Waals surface area contributed by atoms with Crippen molar-refractivity contribution < 1.29 is 0 Å². The first kappa shape index (κ1) is 8.78. The van der Waals surface area contributed by atoms with E-state index in [0.717, 1.165) is 25.2 Å². The Kier molecular flexibility index (Phi) is 3.92. The van der Waals surface area contributed by atoms with Crippen molar-refractivity contribution in [3.05, 3.63) is 37.1 Å². The molecule has 0 aromatic carbocycles. The van der Waals surface area contributed by atoms with Gasteiger partial charge < -0.3 is 5.32 Å². The third-order valence-corrected chi connectivity index (χ3v) is 1.56. The molecule has 1 rings (SSSR count). The molecule has 0 unspecified atom stereocenters. The first-order chi connectivity index (χ1) is 5.93. The van der Waals surface area contributed by atoms with Gasteiger partial charge in [0.1, 0.15) is 5.82 Å². The van der Waals surface area contributed by atoms with Crippen LogP contribution in [0.5, 0.6) is 0 Å². The number of nitrogens with one attached hydrogen (secondary N) is 1. The number of hydrogen-bond donors (Lipinski definition) is 1. The average molecular weight is 162 g/mol. The molecule has 12 heavy (non-hydrogen) atoms. The zero-order chi connectivity index (χ0) is 8.65. The largest absolute Gasteiger partial charge is 0.370 e. The van der Waals surface area contributed by atoms with Crippen LogP contribution in [0.4, 0.5) is 5.82 Å². The molecule has 0 radical (unpaired) electrons. The maximum atomic E-state index is 4.14. The SMILES string of the molecule is C=CCCCNc1ccccn1. The minimum Gasteiger partial charge on any atom is -0.370 e. The summed E-state index contributed by atoms with van der Waals surface area (Å²) in [5.41, 5.74) is 0. The van der Waals surface area contributed by atoms with Gasteiger partial charge in [0, 0.05) is 12.7 Å². The number of allylic oxidation sites excluding steroid dienone is 1. The van der Waals surface area contributed by atoms with Crippen LogP contribution in [0.2, 0.25) is 0 Å². The number of aromatic nitrogens is 1. The summed E-state index contributed by atoms with van der Waals surface area (Å²) >= 11 is 0. The second-order valence-corrected chi connectivity index (χ2v) is 2.57. The maximum absolute atomic E-state index is 4.14. The highest BCUT2D eigenvalue weighted by atomic mass is 15.0. The standard InChI is InChI=1S/C10H14N2/c1-2-3-5-8-11-10-7-4-6-9-12-10/h2,4,6-7,9H,1,3,5,8H2,(H,11,12). The van der Waals surface area contributed by atoms with Crippen LogP contribution in [-0.2, 0) is 0 Å². The molecule has 0 saturated carbocycles. The number of anilines is 1. The van der Waals surface area contributed by atoms with Crippen molar-refractivity contribution in [1.29, 1.82) is 0 Å². The highest BCUT2D eigenvalue weighted by molar-refractivity contribution is 5.32. The number of nitrogens with zero attached hydrogens (tertiary/aromatic N) is 1. The number of rotatable bonds is 5. The summed E-state index contributed by atoms with van der Waals surface area (Å²) in [5.74, 6) is 0.946. The Morgan fingerprint density at radius 2 is 2.42 bits per heavy atom. The Morgan fingerprint density at radius 1 is 1.50 bits per heavy atom. The molecule has 0 bridgehead atoms. The molecule has 1 aromatic heterocycles.